The Morgan fingerprint density at radius 3 is 2.29 bits per heavy atom. The smallest absolute Gasteiger partial charge is 0.0662 e. The highest BCUT2D eigenvalue weighted by Gasteiger charge is 2.45. The molecule has 1 rings (SSSR count). The minimum absolute atomic E-state index is 0.00681. The van der Waals surface area contributed by atoms with E-state index in [0.29, 0.717) is 5.92 Å². The van der Waals surface area contributed by atoms with Gasteiger partial charge in [0.05, 0.1) is 17.3 Å². The zero-order valence-electron chi connectivity index (χ0n) is 10.1. The first-order chi connectivity index (χ1) is 6.23. The summed E-state index contributed by atoms with van der Waals surface area (Å²) in [5.74, 6) is 0.576. The predicted octanol–water partition coefficient (Wildman–Crippen LogP) is 2.74. The quantitative estimate of drug-likeness (QED) is 0.759. The maximum Gasteiger partial charge on any atom is 0.0662 e. The van der Waals surface area contributed by atoms with Crippen LogP contribution in [0.3, 0.4) is 0 Å². The molecule has 0 aliphatic carbocycles. The number of hydrogen-bond acceptors (Lipinski definition) is 2. The summed E-state index contributed by atoms with van der Waals surface area (Å²) in [7, 11) is 0. The predicted molar refractivity (Wildman–Crippen MR) is 58.3 cm³/mol. The number of aliphatic hydroxyl groups excluding tert-OH is 1. The van der Waals surface area contributed by atoms with Gasteiger partial charge in [-0.05, 0) is 59.8 Å². The van der Waals surface area contributed by atoms with Gasteiger partial charge in [0.15, 0.2) is 0 Å². The Labute approximate surface area is 87.7 Å². The summed E-state index contributed by atoms with van der Waals surface area (Å²) in [5, 5.41) is 9.27. The molecule has 14 heavy (non-hydrogen) atoms. The maximum atomic E-state index is 9.27. The van der Waals surface area contributed by atoms with E-state index in [0.717, 1.165) is 19.3 Å². The van der Waals surface area contributed by atoms with Crippen LogP contribution in [0, 0.1) is 5.92 Å². The Morgan fingerprint density at radius 1 is 1.36 bits per heavy atom. The van der Waals surface area contributed by atoms with Gasteiger partial charge in [0.25, 0.3) is 0 Å². The van der Waals surface area contributed by atoms with Gasteiger partial charge in [0.2, 0.25) is 0 Å². The molecule has 1 aliphatic rings. The fourth-order valence-electron chi connectivity index (χ4n) is 2.57. The summed E-state index contributed by atoms with van der Waals surface area (Å²) in [6, 6.07) is 0. The van der Waals surface area contributed by atoms with E-state index in [1.807, 2.05) is 6.92 Å². The lowest BCUT2D eigenvalue weighted by atomic mass is 9.83. The molecule has 84 valence electrons. The van der Waals surface area contributed by atoms with Crippen molar-refractivity contribution in [3.63, 3.8) is 0 Å². The normalized spacial score (nSPS) is 31.7. The molecule has 2 atom stereocenters. The molecule has 0 aromatic rings. The van der Waals surface area contributed by atoms with Crippen molar-refractivity contribution in [3.05, 3.63) is 0 Å². The summed E-state index contributed by atoms with van der Waals surface area (Å²) in [5.41, 5.74) is -0.0226. The Hall–Kier alpha value is -0.0800. The molecule has 1 N–H and O–H groups in total. The third-order valence-electron chi connectivity index (χ3n) is 3.19. The van der Waals surface area contributed by atoms with Crippen LogP contribution in [-0.2, 0) is 4.74 Å². The Kier molecular flexibility index (Phi) is 3.27. The van der Waals surface area contributed by atoms with Crippen LogP contribution in [0.15, 0.2) is 0 Å². The molecular weight excluding hydrogens is 176 g/mol. The summed E-state index contributed by atoms with van der Waals surface area (Å²) >= 11 is 0. The van der Waals surface area contributed by atoms with Crippen molar-refractivity contribution in [2.75, 3.05) is 0 Å². The Morgan fingerprint density at radius 2 is 1.93 bits per heavy atom. The molecule has 2 heteroatoms. The number of ether oxygens (including phenoxy) is 1. The van der Waals surface area contributed by atoms with Crippen LogP contribution in [0.4, 0.5) is 0 Å². The van der Waals surface area contributed by atoms with Gasteiger partial charge < -0.3 is 9.84 Å². The van der Waals surface area contributed by atoms with Gasteiger partial charge in [-0.1, -0.05) is 0 Å². The van der Waals surface area contributed by atoms with Crippen molar-refractivity contribution >= 4 is 0 Å². The van der Waals surface area contributed by atoms with E-state index in [2.05, 4.69) is 27.7 Å². The van der Waals surface area contributed by atoms with E-state index in [9.17, 15) is 5.11 Å². The molecule has 1 fully saturated rings. The SMILES string of the molecule is CC(O)CCC1CC(C)(C)OC1(C)C. The minimum Gasteiger partial charge on any atom is -0.393 e. The van der Waals surface area contributed by atoms with Gasteiger partial charge in [-0.2, -0.15) is 0 Å². The lowest BCUT2D eigenvalue weighted by molar-refractivity contribution is -0.0758. The first-order valence-corrected chi connectivity index (χ1v) is 5.61. The summed E-state index contributed by atoms with van der Waals surface area (Å²) in [6.45, 7) is 10.5. The van der Waals surface area contributed by atoms with Crippen molar-refractivity contribution in [3.8, 4) is 0 Å². The average molecular weight is 200 g/mol. The second kappa shape index (κ2) is 3.82. The minimum atomic E-state index is -0.186. The lowest BCUT2D eigenvalue weighted by Crippen LogP contribution is -2.29. The average Bonchev–Trinajstić information content (AvgIpc) is 2.14. The number of hydrogen-bond donors (Lipinski definition) is 1. The van der Waals surface area contributed by atoms with E-state index in [-0.39, 0.29) is 17.3 Å². The molecular formula is C12H24O2. The third kappa shape index (κ3) is 2.96. The fraction of sp³-hybridized carbons (Fsp3) is 1.00. The molecule has 2 nitrogen and oxygen atoms in total. The number of rotatable bonds is 3. The standard InChI is InChI=1S/C12H24O2/c1-9(13)6-7-10-8-11(2,3)14-12(10,4)5/h9-10,13H,6-8H2,1-5H3. The second-order valence-corrected chi connectivity index (χ2v) is 5.79. The van der Waals surface area contributed by atoms with Gasteiger partial charge >= 0.3 is 0 Å². The second-order valence-electron chi connectivity index (χ2n) is 5.79. The molecule has 0 aromatic heterocycles. The monoisotopic (exact) mass is 200 g/mol. The van der Waals surface area contributed by atoms with E-state index >= 15 is 0 Å². The first-order valence-electron chi connectivity index (χ1n) is 5.61. The van der Waals surface area contributed by atoms with Crippen LogP contribution < -0.4 is 0 Å². The van der Waals surface area contributed by atoms with Crippen LogP contribution >= 0.6 is 0 Å². The zero-order chi connectivity index (χ0) is 11.0. The van der Waals surface area contributed by atoms with Crippen LogP contribution in [-0.4, -0.2) is 22.4 Å². The molecule has 0 spiro atoms. The van der Waals surface area contributed by atoms with Gasteiger partial charge in [0, 0.05) is 0 Å². The molecule has 2 unspecified atom stereocenters. The highest BCUT2D eigenvalue weighted by Crippen LogP contribution is 2.44. The highest BCUT2D eigenvalue weighted by atomic mass is 16.5. The summed E-state index contributed by atoms with van der Waals surface area (Å²) < 4.78 is 6.00. The van der Waals surface area contributed by atoms with Gasteiger partial charge in [-0.3, -0.25) is 0 Å². The molecule has 0 saturated carbocycles. The molecule has 0 amide bonds. The molecule has 0 radical (unpaired) electrons. The van der Waals surface area contributed by atoms with Crippen molar-refractivity contribution in [1.29, 1.82) is 0 Å². The van der Waals surface area contributed by atoms with Gasteiger partial charge in [0.1, 0.15) is 0 Å². The van der Waals surface area contributed by atoms with Gasteiger partial charge in [-0.15, -0.1) is 0 Å². The van der Waals surface area contributed by atoms with Crippen molar-refractivity contribution in [1.82, 2.24) is 0 Å². The molecule has 1 heterocycles. The van der Waals surface area contributed by atoms with E-state index in [4.69, 9.17) is 4.74 Å². The Balaban J connectivity index is 2.53. The molecule has 0 bridgehead atoms. The van der Waals surface area contributed by atoms with Crippen molar-refractivity contribution < 1.29 is 9.84 Å². The van der Waals surface area contributed by atoms with E-state index in [1.165, 1.54) is 0 Å². The van der Waals surface area contributed by atoms with Crippen LogP contribution in [0.2, 0.25) is 0 Å². The molecule has 1 aliphatic heterocycles. The summed E-state index contributed by atoms with van der Waals surface area (Å²) in [4.78, 5) is 0. The fourth-order valence-corrected chi connectivity index (χ4v) is 2.57. The third-order valence-corrected chi connectivity index (χ3v) is 3.19. The van der Waals surface area contributed by atoms with Crippen LogP contribution in [0.1, 0.15) is 53.9 Å². The van der Waals surface area contributed by atoms with Crippen LogP contribution in [0.25, 0.3) is 0 Å². The molecule has 1 saturated heterocycles. The Bertz CT molecular complexity index is 194. The van der Waals surface area contributed by atoms with Crippen molar-refractivity contribution in [2.45, 2.75) is 71.2 Å². The van der Waals surface area contributed by atoms with Gasteiger partial charge in [-0.25, -0.2) is 0 Å². The number of aliphatic hydroxyl groups is 1. The highest BCUT2D eigenvalue weighted by molar-refractivity contribution is 4.94. The van der Waals surface area contributed by atoms with E-state index < -0.39 is 0 Å². The summed E-state index contributed by atoms with van der Waals surface area (Å²) in [6.07, 6.45) is 2.86. The largest absolute Gasteiger partial charge is 0.393 e. The van der Waals surface area contributed by atoms with Crippen molar-refractivity contribution in [2.24, 2.45) is 5.92 Å². The van der Waals surface area contributed by atoms with Crippen LogP contribution in [0.5, 0.6) is 0 Å². The van der Waals surface area contributed by atoms with E-state index in [1.54, 1.807) is 0 Å². The molecule has 0 aromatic carbocycles. The topological polar surface area (TPSA) is 29.5 Å². The zero-order valence-corrected chi connectivity index (χ0v) is 10.1. The maximum absolute atomic E-state index is 9.27. The first kappa shape index (κ1) is 12.0. The lowest BCUT2D eigenvalue weighted by Gasteiger charge is -2.27.